The second-order valence-electron chi connectivity index (χ2n) is 3.69. The van der Waals surface area contributed by atoms with Gasteiger partial charge in [0.2, 0.25) is 6.33 Å². The van der Waals surface area contributed by atoms with E-state index in [4.69, 9.17) is 0 Å². The van der Waals surface area contributed by atoms with Crippen molar-refractivity contribution in [3.8, 4) is 0 Å². The maximum Gasteiger partial charge on any atom is 0.381 e. The summed E-state index contributed by atoms with van der Waals surface area (Å²) in [4.78, 5) is 13.5. The summed E-state index contributed by atoms with van der Waals surface area (Å²) in [5.74, 6) is -0.678. The van der Waals surface area contributed by atoms with Crippen molar-refractivity contribution in [3.63, 3.8) is 0 Å². The average Bonchev–Trinajstić information content (AvgIpc) is 2.82. The fourth-order valence-electron chi connectivity index (χ4n) is 1.65. The predicted molar refractivity (Wildman–Crippen MR) is 60.5 cm³/mol. The van der Waals surface area contributed by atoms with Gasteiger partial charge in [-0.1, -0.05) is 12.1 Å². The van der Waals surface area contributed by atoms with Crippen LogP contribution in [0.2, 0.25) is 0 Å². The second kappa shape index (κ2) is 4.92. The minimum atomic E-state index is -0.615. The quantitative estimate of drug-likeness (QED) is 0.659. The first-order chi connectivity index (χ1) is 8.61. The number of nitrogens with zero attached hydrogens (tertiary/aromatic N) is 3. The number of aromatic nitrogens is 2. The van der Waals surface area contributed by atoms with Crippen LogP contribution in [0.4, 0.5) is 10.2 Å². The first-order valence-corrected chi connectivity index (χ1v) is 5.16. The van der Waals surface area contributed by atoms with E-state index in [2.05, 4.69) is 4.98 Å². The summed E-state index contributed by atoms with van der Waals surface area (Å²) in [5.41, 5.74) is 0.645. The highest BCUT2D eigenvalue weighted by atomic mass is 19.1. The van der Waals surface area contributed by atoms with E-state index in [-0.39, 0.29) is 18.2 Å². The molecule has 0 aliphatic heterocycles. The molecule has 0 fully saturated rings. The topological polar surface area (TPSA) is 81.2 Å². The van der Waals surface area contributed by atoms with Crippen LogP contribution in [0.15, 0.2) is 36.8 Å². The van der Waals surface area contributed by atoms with Crippen LogP contribution in [0, 0.1) is 15.9 Å². The third-order valence-corrected chi connectivity index (χ3v) is 2.56. The first kappa shape index (κ1) is 12.2. The number of aliphatic hydroxyl groups excluding tert-OH is 1. The number of imidazole rings is 1. The molecule has 6 nitrogen and oxygen atoms in total. The van der Waals surface area contributed by atoms with Crippen molar-refractivity contribution >= 4 is 5.82 Å². The lowest BCUT2D eigenvalue weighted by molar-refractivity contribution is -0.389. The Labute approximate surface area is 101 Å². The van der Waals surface area contributed by atoms with Gasteiger partial charge in [-0.25, -0.2) is 4.39 Å². The van der Waals surface area contributed by atoms with E-state index in [0.717, 1.165) is 0 Å². The highest BCUT2D eigenvalue weighted by molar-refractivity contribution is 5.23. The van der Waals surface area contributed by atoms with E-state index in [1.54, 1.807) is 0 Å². The van der Waals surface area contributed by atoms with Crippen molar-refractivity contribution in [3.05, 3.63) is 58.3 Å². The molecule has 1 N–H and O–H groups in total. The van der Waals surface area contributed by atoms with Gasteiger partial charge < -0.3 is 19.8 Å². The molecule has 0 radical (unpaired) electrons. The lowest BCUT2D eigenvalue weighted by atomic mass is 10.1. The van der Waals surface area contributed by atoms with Crippen molar-refractivity contribution in [2.75, 3.05) is 6.61 Å². The summed E-state index contributed by atoms with van der Waals surface area (Å²) >= 11 is 0. The average molecular weight is 251 g/mol. The molecule has 2 aromatic rings. The van der Waals surface area contributed by atoms with Crippen LogP contribution in [0.3, 0.4) is 0 Å². The van der Waals surface area contributed by atoms with E-state index < -0.39 is 11.0 Å². The zero-order valence-corrected chi connectivity index (χ0v) is 9.23. The molecule has 1 atom stereocenters. The summed E-state index contributed by atoms with van der Waals surface area (Å²) in [6.45, 7) is -0.265. The standard InChI is InChI=1S/C11H10FN3O3/c12-9-3-1-8(2-4-9)10(6-16)14-5-11(13-7-14)15(17)18/h1-5,7,10,16H,6H2. The van der Waals surface area contributed by atoms with E-state index in [1.807, 2.05) is 0 Å². The molecule has 2 rings (SSSR count). The highest BCUT2D eigenvalue weighted by Crippen LogP contribution is 2.20. The van der Waals surface area contributed by atoms with Gasteiger partial charge in [-0.15, -0.1) is 0 Å². The SMILES string of the molecule is O=[N+]([O-])c1cn(C(CO)c2ccc(F)cc2)cn1. The van der Waals surface area contributed by atoms with Gasteiger partial charge in [-0.2, -0.15) is 0 Å². The van der Waals surface area contributed by atoms with Gasteiger partial charge in [0.15, 0.2) is 0 Å². The number of nitro groups is 1. The Morgan fingerprint density at radius 1 is 1.44 bits per heavy atom. The van der Waals surface area contributed by atoms with Gasteiger partial charge in [0.05, 0.1) is 12.6 Å². The molecule has 1 aromatic heterocycles. The zero-order valence-electron chi connectivity index (χ0n) is 9.23. The van der Waals surface area contributed by atoms with Gasteiger partial charge in [-0.05, 0) is 27.6 Å². The third-order valence-electron chi connectivity index (χ3n) is 2.56. The molecule has 1 aromatic carbocycles. The van der Waals surface area contributed by atoms with Crippen LogP contribution < -0.4 is 0 Å². The van der Waals surface area contributed by atoms with Crippen molar-refractivity contribution in [1.29, 1.82) is 0 Å². The highest BCUT2D eigenvalue weighted by Gasteiger charge is 2.18. The molecular formula is C11H10FN3O3. The van der Waals surface area contributed by atoms with E-state index >= 15 is 0 Å². The maximum atomic E-state index is 12.8. The lowest BCUT2D eigenvalue weighted by Gasteiger charge is -2.14. The summed E-state index contributed by atoms with van der Waals surface area (Å²) in [5, 5.41) is 19.9. The Kier molecular flexibility index (Phi) is 3.33. The number of benzene rings is 1. The number of rotatable bonds is 4. The lowest BCUT2D eigenvalue weighted by Crippen LogP contribution is -2.13. The van der Waals surface area contributed by atoms with Gasteiger partial charge >= 0.3 is 5.82 Å². The van der Waals surface area contributed by atoms with Crippen molar-refractivity contribution < 1.29 is 14.4 Å². The molecule has 0 spiro atoms. The molecule has 0 aliphatic carbocycles. The fourth-order valence-corrected chi connectivity index (χ4v) is 1.65. The minimum absolute atomic E-state index is 0.265. The Morgan fingerprint density at radius 2 is 2.11 bits per heavy atom. The predicted octanol–water partition coefficient (Wildman–Crippen LogP) is 1.51. The first-order valence-electron chi connectivity index (χ1n) is 5.16. The largest absolute Gasteiger partial charge is 0.394 e. The Bertz CT molecular complexity index is 553. The molecule has 0 saturated heterocycles. The molecule has 0 amide bonds. The molecule has 18 heavy (non-hydrogen) atoms. The number of halogens is 1. The fraction of sp³-hybridized carbons (Fsp3) is 0.182. The molecule has 0 saturated carbocycles. The van der Waals surface area contributed by atoms with Gasteiger partial charge in [0.1, 0.15) is 12.0 Å². The molecule has 1 heterocycles. The van der Waals surface area contributed by atoms with Gasteiger partial charge in [0, 0.05) is 0 Å². The summed E-state index contributed by atoms with van der Waals surface area (Å²) < 4.78 is 14.2. The number of hydrogen-bond acceptors (Lipinski definition) is 4. The van der Waals surface area contributed by atoms with Crippen LogP contribution in [0.5, 0.6) is 0 Å². The molecule has 94 valence electrons. The van der Waals surface area contributed by atoms with Crippen LogP contribution in [0.25, 0.3) is 0 Å². The van der Waals surface area contributed by atoms with Gasteiger partial charge in [-0.3, -0.25) is 0 Å². The summed E-state index contributed by atoms with van der Waals surface area (Å²) in [7, 11) is 0. The molecular weight excluding hydrogens is 241 g/mol. The normalized spacial score (nSPS) is 12.3. The van der Waals surface area contributed by atoms with Crippen LogP contribution in [-0.2, 0) is 0 Å². The Morgan fingerprint density at radius 3 is 2.61 bits per heavy atom. The van der Waals surface area contributed by atoms with Crippen molar-refractivity contribution in [2.45, 2.75) is 6.04 Å². The molecule has 0 aliphatic rings. The molecule has 0 bridgehead atoms. The minimum Gasteiger partial charge on any atom is -0.394 e. The summed E-state index contributed by atoms with van der Waals surface area (Å²) in [6.07, 6.45) is 2.49. The zero-order chi connectivity index (χ0) is 13.1. The van der Waals surface area contributed by atoms with E-state index in [0.29, 0.717) is 5.56 Å². The molecule has 7 heteroatoms. The Hall–Kier alpha value is -2.28. The monoisotopic (exact) mass is 251 g/mol. The van der Waals surface area contributed by atoms with Crippen molar-refractivity contribution in [2.24, 2.45) is 0 Å². The van der Waals surface area contributed by atoms with E-state index in [1.165, 1.54) is 41.4 Å². The number of hydrogen-bond donors (Lipinski definition) is 1. The smallest absolute Gasteiger partial charge is 0.381 e. The van der Waals surface area contributed by atoms with Crippen LogP contribution in [0.1, 0.15) is 11.6 Å². The summed E-state index contributed by atoms with van der Waals surface area (Å²) in [6, 6.07) is 5.04. The molecule has 1 unspecified atom stereocenters. The van der Waals surface area contributed by atoms with Crippen LogP contribution >= 0.6 is 0 Å². The number of aliphatic hydroxyl groups is 1. The third kappa shape index (κ3) is 2.35. The second-order valence-corrected chi connectivity index (χ2v) is 3.69. The van der Waals surface area contributed by atoms with Crippen LogP contribution in [-0.4, -0.2) is 26.2 Å². The van der Waals surface area contributed by atoms with Crippen molar-refractivity contribution in [1.82, 2.24) is 9.55 Å². The van der Waals surface area contributed by atoms with E-state index in [9.17, 15) is 19.6 Å². The maximum absolute atomic E-state index is 12.8. The Balaban J connectivity index is 2.32. The van der Waals surface area contributed by atoms with Gasteiger partial charge in [0.25, 0.3) is 0 Å².